The van der Waals surface area contributed by atoms with Gasteiger partial charge in [0.05, 0.1) is 6.04 Å². The Hall–Kier alpha value is -0.730. The molecule has 13 heavy (non-hydrogen) atoms. The fraction of sp³-hybridized carbons (Fsp3) is 0.900. The molecule has 2 rings (SSSR count). The molecule has 0 bridgehead atoms. The van der Waals surface area contributed by atoms with Crippen LogP contribution in [0.15, 0.2) is 0 Å². The van der Waals surface area contributed by atoms with Crippen LogP contribution in [0.1, 0.15) is 32.6 Å². The Morgan fingerprint density at radius 3 is 2.46 bits per heavy atom. The first kappa shape index (κ1) is 8.85. The number of carbonyl (C=O) groups is 1. The molecule has 2 atom stereocenters. The third kappa shape index (κ3) is 1.40. The van der Waals surface area contributed by atoms with Crippen LogP contribution in [0.4, 0.5) is 4.79 Å². The van der Waals surface area contributed by atoms with E-state index in [1.54, 1.807) is 4.90 Å². The lowest BCUT2D eigenvalue weighted by molar-refractivity contribution is 0.0949. The van der Waals surface area contributed by atoms with E-state index < -0.39 is 0 Å². The maximum Gasteiger partial charge on any atom is 0.410 e. The van der Waals surface area contributed by atoms with E-state index in [4.69, 9.17) is 4.74 Å². The molecule has 2 aliphatic rings. The van der Waals surface area contributed by atoms with Crippen molar-refractivity contribution in [1.29, 1.82) is 0 Å². The molecule has 1 amide bonds. The molecule has 0 aromatic rings. The van der Waals surface area contributed by atoms with Gasteiger partial charge in [-0.15, -0.1) is 0 Å². The van der Waals surface area contributed by atoms with Crippen LogP contribution >= 0.6 is 0 Å². The number of nitrogens with zero attached hydrogens (tertiary/aromatic N) is 1. The highest BCUT2D eigenvalue weighted by molar-refractivity contribution is 5.70. The zero-order valence-corrected chi connectivity index (χ0v) is 8.32. The molecular formula is C10H17NO2. The second-order valence-electron chi connectivity index (χ2n) is 4.24. The van der Waals surface area contributed by atoms with Gasteiger partial charge in [0, 0.05) is 7.05 Å². The monoisotopic (exact) mass is 183 g/mol. The Balaban J connectivity index is 2.04. The van der Waals surface area contributed by atoms with Crippen molar-refractivity contribution in [1.82, 2.24) is 4.90 Å². The van der Waals surface area contributed by atoms with E-state index in [-0.39, 0.29) is 18.2 Å². The number of hydrogen-bond donors (Lipinski definition) is 0. The van der Waals surface area contributed by atoms with Gasteiger partial charge < -0.3 is 9.64 Å². The van der Waals surface area contributed by atoms with Crippen LogP contribution in [-0.2, 0) is 4.74 Å². The van der Waals surface area contributed by atoms with Crippen LogP contribution in [0.2, 0.25) is 0 Å². The molecule has 3 nitrogen and oxygen atoms in total. The summed E-state index contributed by atoms with van der Waals surface area (Å²) < 4.78 is 5.36. The predicted molar refractivity (Wildman–Crippen MR) is 49.5 cm³/mol. The average Bonchev–Trinajstić information content (AvgIpc) is 2.70. The van der Waals surface area contributed by atoms with Crippen LogP contribution in [0.3, 0.4) is 0 Å². The van der Waals surface area contributed by atoms with Crippen LogP contribution in [-0.4, -0.2) is 30.2 Å². The molecule has 1 saturated carbocycles. The predicted octanol–water partition coefficient (Wildman–Crippen LogP) is 2.02. The third-order valence-corrected chi connectivity index (χ3v) is 3.48. The van der Waals surface area contributed by atoms with E-state index in [1.807, 2.05) is 7.05 Å². The summed E-state index contributed by atoms with van der Waals surface area (Å²) in [5, 5.41) is 0. The zero-order chi connectivity index (χ0) is 9.42. The normalized spacial score (nSPS) is 35.5. The van der Waals surface area contributed by atoms with Crippen molar-refractivity contribution in [2.45, 2.75) is 44.8 Å². The van der Waals surface area contributed by atoms with Gasteiger partial charge in [0.1, 0.15) is 6.10 Å². The molecule has 0 aromatic carbocycles. The molecule has 1 aliphatic carbocycles. The Bertz CT molecular complexity index is 211. The lowest BCUT2D eigenvalue weighted by Crippen LogP contribution is -2.33. The summed E-state index contributed by atoms with van der Waals surface area (Å²) in [4.78, 5) is 13.0. The van der Waals surface area contributed by atoms with E-state index in [1.165, 1.54) is 25.7 Å². The third-order valence-electron chi connectivity index (χ3n) is 3.48. The van der Waals surface area contributed by atoms with E-state index in [9.17, 15) is 4.79 Å². The summed E-state index contributed by atoms with van der Waals surface area (Å²) in [7, 11) is 1.82. The quantitative estimate of drug-likeness (QED) is 0.622. The first-order valence-corrected chi connectivity index (χ1v) is 5.13. The minimum absolute atomic E-state index is 0.149. The minimum Gasteiger partial charge on any atom is -0.444 e. The van der Waals surface area contributed by atoms with Crippen molar-refractivity contribution >= 4 is 6.09 Å². The summed E-state index contributed by atoms with van der Waals surface area (Å²) in [5.41, 5.74) is 0. The summed E-state index contributed by atoms with van der Waals surface area (Å²) in [5.74, 6) is 0.615. The second-order valence-corrected chi connectivity index (χ2v) is 4.24. The Morgan fingerprint density at radius 2 is 2.00 bits per heavy atom. The van der Waals surface area contributed by atoms with Gasteiger partial charge in [-0.05, 0) is 25.7 Å². The number of likely N-dealkylation sites (N-methyl/N-ethyl adjacent to an activating group) is 1. The van der Waals surface area contributed by atoms with Crippen molar-refractivity contribution < 1.29 is 9.53 Å². The fourth-order valence-electron chi connectivity index (χ4n) is 2.46. The average molecular weight is 183 g/mol. The summed E-state index contributed by atoms with van der Waals surface area (Å²) in [6.45, 7) is 2.08. The van der Waals surface area contributed by atoms with Crippen LogP contribution in [0.5, 0.6) is 0 Å². The molecule has 1 heterocycles. The maximum atomic E-state index is 11.3. The van der Waals surface area contributed by atoms with Crippen molar-refractivity contribution in [3.63, 3.8) is 0 Å². The lowest BCUT2D eigenvalue weighted by atomic mass is 9.96. The van der Waals surface area contributed by atoms with E-state index in [0.717, 1.165) is 0 Å². The number of amides is 1. The molecule has 1 saturated heterocycles. The van der Waals surface area contributed by atoms with Crippen molar-refractivity contribution in [3.8, 4) is 0 Å². The zero-order valence-electron chi connectivity index (χ0n) is 8.32. The van der Waals surface area contributed by atoms with Gasteiger partial charge in [-0.25, -0.2) is 4.79 Å². The fourth-order valence-corrected chi connectivity index (χ4v) is 2.46. The van der Waals surface area contributed by atoms with E-state index in [0.29, 0.717) is 5.92 Å². The largest absolute Gasteiger partial charge is 0.444 e. The highest BCUT2D eigenvalue weighted by Gasteiger charge is 2.41. The molecular weight excluding hydrogens is 166 g/mol. The SMILES string of the molecule is C[C@H]1C(C2CCCC2)OC(=O)N1C. The standard InChI is InChI=1S/C10H17NO2/c1-7-9(8-5-3-4-6-8)13-10(12)11(7)2/h7-9H,3-6H2,1-2H3/t7-,9?/m0/s1. The second kappa shape index (κ2) is 3.20. The van der Waals surface area contributed by atoms with E-state index >= 15 is 0 Å². The van der Waals surface area contributed by atoms with Crippen LogP contribution in [0.25, 0.3) is 0 Å². The molecule has 2 fully saturated rings. The smallest absolute Gasteiger partial charge is 0.410 e. The summed E-state index contributed by atoms with van der Waals surface area (Å²) in [6.07, 6.45) is 5.07. The van der Waals surface area contributed by atoms with Crippen molar-refractivity contribution in [3.05, 3.63) is 0 Å². The Labute approximate surface area is 79.0 Å². The Kier molecular flexibility index (Phi) is 2.18. The molecule has 3 heteroatoms. The summed E-state index contributed by atoms with van der Waals surface area (Å²) >= 11 is 0. The lowest BCUT2D eigenvalue weighted by Gasteiger charge is -2.21. The van der Waals surface area contributed by atoms with Gasteiger partial charge in [0.2, 0.25) is 0 Å². The number of ether oxygens (including phenoxy) is 1. The maximum absolute atomic E-state index is 11.3. The Morgan fingerprint density at radius 1 is 1.38 bits per heavy atom. The molecule has 1 unspecified atom stereocenters. The number of rotatable bonds is 1. The van der Waals surface area contributed by atoms with E-state index in [2.05, 4.69) is 6.92 Å². The first-order chi connectivity index (χ1) is 6.20. The minimum atomic E-state index is -0.149. The molecule has 0 N–H and O–H groups in total. The number of carbonyl (C=O) groups excluding carboxylic acids is 1. The topological polar surface area (TPSA) is 29.5 Å². The van der Waals surface area contributed by atoms with Crippen LogP contribution < -0.4 is 0 Å². The van der Waals surface area contributed by atoms with Gasteiger partial charge in [-0.2, -0.15) is 0 Å². The molecule has 0 radical (unpaired) electrons. The number of hydrogen-bond acceptors (Lipinski definition) is 2. The molecule has 1 aliphatic heterocycles. The van der Waals surface area contributed by atoms with Gasteiger partial charge >= 0.3 is 6.09 Å². The highest BCUT2D eigenvalue weighted by atomic mass is 16.6. The molecule has 0 aromatic heterocycles. The van der Waals surface area contributed by atoms with Crippen molar-refractivity contribution in [2.75, 3.05) is 7.05 Å². The van der Waals surface area contributed by atoms with Crippen LogP contribution in [0, 0.1) is 5.92 Å². The first-order valence-electron chi connectivity index (χ1n) is 5.13. The highest BCUT2D eigenvalue weighted by Crippen LogP contribution is 2.34. The van der Waals surface area contributed by atoms with Gasteiger partial charge in [0.15, 0.2) is 0 Å². The molecule has 0 spiro atoms. The van der Waals surface area contributed by atoms with Gasteiger partial charge in [0.25, 0.3) is 0 Å². The van der Waals surface area contributed by atoms with Gasteiger partial charge in [-0.3, -0.25) is 0 Å². The molecule has 74 valence electrons. The van der Waals surface area contributed by atoms with Crippen molar-refractivity contribution in [2.24, 2.45) is 5.92 Å². The number of cyclic esters (lactones) is 1. The summed E-state index contributed by atoms with van der Waals surface area (Å²) in [6, 6.07) is 0.260. The van der Waals surface area contributed by atoms with Gasteiger partial charge in [-0.1, -0.05) is 12.8 Å².